The van der Waals surface area contributed by atoms with Crippen molar-refractivity contribution < 1.29 is 47.7 Å². The normalized spacial score (nSPS) is 12.5. The van der Waals surface area contributed by atoms with Crippen LogP contribution >= 0.6 is 339 Å². The van der Waals surface area contributed by atoms with Gasteiger partial charge in [0.2, 0.25) is 0 Å². The first-order valence-corrected chi connectivity index (χ1v) is 33.3. The van der Waals surface area contributed by atoms with Gasteiger partial charge in [0.15, 0.2) is 18.3 Å². The van der Waals surface area contributed by atoms with Crippen molar-refractivity contribution in [3.63, 3.8) is 0 Å². The van der Waals surface area contributed by atoms with Gasteiger partial charge in [-0.15, -0.1) is 0 Å². The highest BCUT2D eigenvalue weighted by atomic mass is 127. The Labute approximate surface area is 577 Å². The van der Waals surface area contributed by atoms with E-state index in [1.54, 1.807) is 30.3 Å². The van der Waals surface area contributed by atoms with E-state index in [-0.39, 0.29) is 27.8 Å². The van der Waals surface area contributed by atoms with Gasteiger partial charge in [-0.2, -0.15) is 0 Å². The number of hydrogen-bond donors (Lipinski definition) is 0. The van der Waals surface area contributed by atoms with Gasteiger partial charge in [0, 0.05) is 53.6 Å². The molecule has 0 heterocycles. The first-order valence-electron chi connectivity index (χ1n) is 17.2. The number of halogens is 15. The summed E-state index contributed by atoms with van der Waals surface area (Å²) in [6.45, 7) is -1.34. The van der Waals surface area contributed by atoms with Crippen LogP contribution in [0, 0.1) is 53.6 Å². The number of esters is 5. The number of rotatable bonds is 14. The molecule has 2 unspecified atom stereocenters. The van der Waals surface area contributed by atoms with E-state index in [4.69, 9.17) is 23.7 Å². The van der Waals surface area contributed by atoms with Gasteiger partial charge in [0.25, 0.3) is 0 Å². The van der Waals surface area contributed by atoms with Crippen LogP contribution in [0.4, 0.5) is 0 Å². The lowest BCUT2D eigenvalue weighted by Gasteiger charge is -2.32. The van der Waals surface area contributed by atoms with Gasteiger partial charge in [0.1, 0.15) is 13.2 Å². The van der Waals surface area contributed by atoms with Gasteiger partial charge < -0.3 is 23.7 Å². The summed E-state index contributed by atoms with van der Waals surface area (Å²) >= 11 is 31.6. The first kappa shape index (κ1) is 60.3. The maximum Gasteiger partial charge on any atom is 0.339 e. The Kier molecular flexibility index (Phi) is 25.9. The van der Waals surface area contributed by atoms with E-state index in [0.29, 0.717) is 17.9 Å². The Hall–Kier alpha value is 4.40. The van der Waals surface area contributed by atoms with Crippen LogP contribution in [0.15, 0.2) is 60.7 Å². The van der Waals surface area contributed by atoms with Crippen molar-refractivity contribution in [2.75, 3.05) is 13.2 Å². The summed E-state index contributed by atoms with van der Waals surface area (Å²) in [4.78, 5) is 71.2. The number of carbonyl (C=O) groups is 5. The predicted octanol–water partition coefficient (Wildman–Crippen LogP) is 15.4. The summed E-state index contributed by atoms with van der Waals surface area (Å²) in [5, 5.41) is 0. The van der Waals surface area contributed by atoms with Crippen molar-refractivity contribution in [1.29, 1.82) is 0 Å². The minimum atomic E-state index is -1.74. The molecule has 0 aliphatic carbocycles. The molecule has 342 valence electrons. The molecule has 25 heteroatoms. The second kappa shape index (κ2) is 28.0. The van der Waals surface area contributed by atoms with E-state index >= 15 is 0 Å². The number of benzene rings is 5. The van der Waals surface area contributed by atoms with Crippen molar-refractivity contribution in [3.8, 4) is 0 Å². The Bertz CT molecular complexity index is 2600. The molecule has 0 saturated carbocycles. The molecule has 0 saturated heterocycles. The van der Waals surface area contributed by atoms with Gasteiger partial charge in [-0.1, -0.05) is 0 Å². The van der Waals surface area contributed by atoms with E-state index < -0.39 is 61.4 Å². The van der Waals surface area contributed by atoms with Crippen LogP contribution < -0.4 is 0 Å². The average molecular weight is 2560 g/mol. The molecular formula is C40H17I15O10. The minimum absolute atomic E-state index is 0.166. The summed E-state index contributed by atoms with van der Waals surface area (Å²) < 4.78 is 42.1. The molecule has 0 bridgehead atoms. The van der Waals surface area contributed by atoms with Crippen molar-refractivity contribution in [2.24, 2.45) is 0 Å². The van der Waals surface area contributed by atoms with E-state index in [1.165, 1.54) is 0 Å². The lowest BCUT2D eigenvalue weighted by molar-refractivity contribution is -0.112. The SMILES string of the molecule is O=C(OCC(OC(=O)c1cc(I)c(I)cc1I)C(OC(=O)c1cc(I)c(I)cc1I)C(COC(=O)c1cc(I)c(I)cc1I)OC(=O)c1cc(I)c(I)cc1I)c1cc(I)c(I)cc1I. The third kappa shape index (κ3) is 16.7. The van der Waals surface area contributed by atoms with Crippen LogP contribution in [0.25, 0.3) is 0 Å². The van der Waals surface area contributed by atoms with Crippen LogP contribution in [0.5, 0.6) is 0 Å². The largest absolute Gasteiger partial charge is 0.458 e. The van der Waals surface area contributed by atoms with Crippen LogP contribution in [-0.2, 0) is 23.7 Å². The fourth-order valence-electron chi connectivity index (χ4n) is 5.24. The Morgan fingerprint density at radius 3 is 0.738 bits per heavy atom. The zero-order valence-corrected chi connectivity index (χ0v) is 63.5. The molecule has 0 fully saturated rings. The monoisotopic (exact) mass is 2560 g/mol. The predicted molar refractivity (Wildman–Crippen MR) is 371 cm³/mol. The van der Waals surface area contributed by atoms with Gasteiger partial charge in [-0.05, 0) is 400 Å². The van der Waals surface area contributed by atoms with E-state index in [1.807, 2.05) is 143 Å². The second-order valence-electron chi connectivity index (χ2n) is 12.7. The molecule has 0 N–H and O–H groups in total. The fraction of sp³-hybridized carbons (Fsp3) is 0.125. The molecule has 5 rings (SSSR count). The molecular weight excluding hydrogens is 2540 g/mol. The van der Waals surface area contributed by atoms with E-state index in [9.17, 15) is 24.0 Å². The Balaban J connectivity index is 1.69. The maximum absolute atomic E-state index is 14.5. The molecule has 0 aromatic heterocycles. The molecule has 0 amide bonds. The minimum Gasteiger partial charge on any atom is -0.458 e. The molecule has 0 aliphatic rings. The molecule has 2 atom stereocenters. The van der Waals surface area contributed by atoms with Crippen molar-refractivity contribution in [2.45, 2.75) is 18.3 Å². The lowest BCUT2D eigenvalue weighted by Crippen LogP contribution is -2.50. The topological polar surface area (TPSA) is 132 Å². The van der Waals surface area contributed by atoms with Crippen LogP contribution in [-0.4, -0.2) is 61.4 Å². The van der Waals surface area contributed by atoms with E-state index in [0.717, 1.165) is 35.7 Å². The number of carbonyl (C=O) groups excluding carboxylic acids is 5. The maximum atomic E-state index is 14.5. The smallest absolute Gasteiger partial charge is 0.339 e. The van der Waals surface area contributed by atoms with Gasteiger partial charge in [-0.3, -0.25) is 0 Å². The molecule has 0 radical (unpaired) electrons. The third-order valence-corrected chi connectivity index (χ3v) is 26.9. The first-order chi connectivity index (χ1) is 30.5. The van der Waals surface area contributed by atoms with Gasteiger partial charge in [0.05, 0.1) is 27.8 Å². The molecule has 65 heavy (non-hydrogen) atoms. The number of ether oxygens (including phenoxy) is 5. The summed E-state index contributed by atoms with van der Waals surface area (Å²) in [7, 11) is 0. The van der Waals surface area contributed by atoms with Gasteiger partial charge in [-0.25, -0.2) is 24.0 Å². The Morgan fingerprint density at radius 1 is 0.292 bits per heavy atom. The molecule has 5 aromatic carbocycles. The quantitative estimate of drug-likeness (QED) is 0.0458. The fourth-order valence-corrected chi connectivity index (χ4v) is 16.3. The number of hydrogen-bond acceptors (Lipinski definition) is 10. The molecule has 10 nitrogen and oxygen atoms in total. The highest BCUT2D eigenvalue weighted by Crippen LogP contribution is 2.31. The summed E-state index contributed by atoms with van der Waals surface area (Å²) in [6, 6.07) is 17.4. The zero-order chi connectivity index (χ0) is 48.2. The third-order valence-electron chi connectivity index (χ3n) is 8.40. The van der Waals surface area contributed by atoms with Crippen molar-refractivity contribution in [1.82, 2.24) is 0 Å². The molecule has 0 aliphatic heterocycles. The summed E-state index contributed by atoms with van der Waals surface area (Å²) in [5.41, 5.74) is 1.04. The molecule has 5 aromatic rings. The van der Waals surface area contributed by atoms with Crippen molar-refractivity contribution in [3.05, 3.63) is 142 Å². The van der Waals surface area contributed by atoms with Crippen LogP contribution in [0.1, 0.15) is 51.8 Å². The summed E-state index contributed by atoms with van der Waals surface area (Å²) in [5.74, 6) is -4.04. The Morgan fingerprint density at radius 2 is 0.492 bits per heavy atom. The highest BCUT2D eigenvalue weighted by molar-refractivity contribution is 14.1. The highest BCUT2D eigenvalue weighted by Gasteiger charge is 2.42. The standard InChI is InChI=1S/C40H17I15O10/c41-18-6-28(51)23(46)1-13(18)36(56)61-11-33(63-38(58)15-3-25(48)30(53)8-20(15)43)35(65-40(60)17-5-27(50)32(55)10-22(17)45)34(64-39(59)16-4-26(49)31(54)9-21(16)44)12-62-37(57)14-2-24(47)29(52)7-19(14)42/h1-10,33-35H,11-12H2. The summed E-state index contributed by atoms with van der Waals surface area (Å²) in [6.07, 6.45) is -5.02. The average Bonchev–Trinajstić information content (AvgIpc) is 3.23. The van der Waals surface area contributed by atoms with Crippen molar-refractivity contribution >= 4 is 369 Å². The van der Waals surface area contributed by atoms with E-state index in [2.05, 4.69) is 226 Å². The molecule has 0 spiro atoms. The van der Waals surface area contributed by atoms with Crippen LogP contribution in [0.3, 0.4) is 0 Å². The van der Waals surface area contributed by atoms with Gasteiger partial charge >= 0.3 is 29.8 Å². The van der Waals surface area contributed by atoms with Crippen LogP contribution in [0.2, 0.25) is 0 Å². The lowest BCUT2D eigenvalue weighted by atomic mass is 10.1. The second-order valence-corrected chi connectivity index (χ2v) is 30.1. The zero-order valence-electron chi connectivity index (χ0n) is 31.2.